The van der Waals surface area contributed by atoms with Gasteiger partial charge in [0.2, 0.25) is 5.91 Å². The second kappa shape index (κ2) is 7.45. The summed E-state index contributed by atoms with van der Waals surface area (Å²) in [5, 5.41) is 11.7. The van der Waals surface area contributed by atoms with Crippen molar-refractivity contribution in [3.63, 3.8) is 0 Å². The summed E-state index contributed by atoms with van der Waals surface area (Å²) in [6.07, 6.45) is 1.63. The van der Waals surface area contributed by atoms with Gasteiger partial charge in [0.1, 0.15) is 5.76 Å². The Morgan fingerprint density at radius 1 is 1.28 bits per heavy atom. The Labute approximate surface area is 158 Å². The number of nitrogens with one attached hydrogen (secondary N) is 1. The van der Waals surface area contributed by atoms with Gasteiger partial charge in [0, 0.05) is 17.2 Å². The number of aryl methyl sites for hydroxylation is 1. The second-order valence-electron chi connectivity index (χ2n) is 5.51. The van der Waals surface area contributed by atoms with Crippen LogP contribution in [0.4, 0.5) is 5.69 Å². The summed E-state index contributed by atoms with van der Waals surface area (Å²) in [7, 11) is 1.88. The first kappa shape index (κ1) is 17.8. The fourth-order valence-electron chi connectivity index (χ4n) is 2.26. The number of hydrogen-bond acceptors (Lipinski definition) is 5. The van der Waals surface area contributed by atoms with Crippen molar-refractivity contribution in [2.45, 2.75) is 24.3 Å². The van der Waals surface area contributed by atoms with Gasteiger partial charge in [-0.15, -0.1) is 10.2 Å². The Bertz CT molecular complexity index is 888. The van der Waals surface area contributed by atoms with Crippen LogP contribution in [0.15, 0.2) is 50.6 Å². The van der Waals surface area contributed by atoms with E-state index in [0.717, 1.165) is 21.5 Å². The molecule has 0 saturated heterocycles. The number of anilines is 1. The molecular formula is C17H17BrN4O2S. The largest absolute Gasteiger partial charge is 0.469 e. The van der Waals surface area contributed by atoms with Crippen LogP contribution in [0, 0.1) is 6.92 Å². The van der Waals surface area contributed by atoms with E-state index in [2.05, 4.69) is 31.4 Å². The maximum Gasteiger partial charge on any atom is 0.237 e. The smallest absolute Gasteiger partial charge is 0.237 e. The number of halogens is 1. The van der Waals surface area contributed by atoms with Gasteiger partial charge in [-0.2, -0.15) is 0 Å². The lowest BCUT2D eigenvalue weighted by atomic mass is 10.2. The number of carbonyl (C=O) groups is 1. The van der Waals surface area contributed by atoms with Crippen molar-refractivity contribution in [1.29, 1.82) is 0 Å². The zero-order valence-corrected chi connectivity index (χ0v) is 16.4. The monoisotopic (exact) mass is 420 g/mol. The number of carbonyl (C=O) groups excluding carboxylic acids is 1. The minimum absolute atomic E-state index is 0.0867. The molecule has 0 radical (unpaired) electrons. The van der Waals surface area contributed by atoms with Crippen LogP contribution in [-0.4, -0.2) is 25.9 Å². The fourth-order valence-corrected chi connectivity index (χ4v) is 3.34. The van der Waals surface area contributed by atoms with Crippen molar-refractivity contribution in [3.8, 4) is 11.4 Å². The van der Waals surface area contributed by atoms with Gasteiger partial charge in [-0.1, -0.05) is 27.7 Å². The van der Waals surface area contributed by atoms with Gasteiger partial charge < -0.3 is 14.3 Å². The molecule has 2 heterocycles. The number of nitrogens with zero attached hydrogens (tertiary/aromatic N) is 3. The predicted molar refractivity (Wildman–Crippen MR) is 102 cm³/mol. The summed E-state index contributed by atoms with van der Waals surface area (Å²) in [6.45, 7) is 3.72. The van der Waals surface area contributed by atoms with Gasteiger partial charge in [-0.3, -0.25) is 4.79 Å². The maximum absolute atomic E-state index is 12.4. The molecule has 6 nitrogen and oxygen atoms in total. The third-order valence-corrected chi connectivity index (χ3v) is 5.36. The minimum Gasteiger partial charge on any atom is -0.469 e. The first-order chi connectivity index (χ1) is 12.0. The van der Waals surface area contributed by atoms with E-state index in [4.69, 9.17) is 4.42 Å². The number of benzene rings is 1. The summed E-state index contributed by atoms with van der Waals surface area (Å²) in [6, 6.07) is 9.33. The van der Waals surface area contributed by atoms with Crippen LogP contribution in [0.1, 0.15) is 12.7 Å². The average Bonchev–Trinajstić information content (AvgIpc) is 3.16. The number of furan rings is 1. The van der Waals surface area contributed by atoms with Gasteiger partial charge in [0.15, 0.2) is 11.0 Å². The first-order valence-corrected chi connectivity index (χ1v) is 9.30. The number of thioether (sulfide) groups is 1. The lowest BCUT2D eigenvalue weighted by molar-refractivity contribution is -0.115. The van der Waals surface area contributed by atoms with Gasteiger partial charge in [-0.05, 0) is 44.2 Å². The molecular weight excluding hydrogens is 404 g/mol. The molecule has 8 heteroatoms. The van der Waals surface area contributed by atoms with E-state index in [1.807, 2.05) is 55.8 Å². The number of amides is 1. The van der Waals surface area contributed by atoms with Gasteiger partial charge in [0.25, 0.3) is 0 Å². The van der Waals surface area contributed by atoms with Crippen LogP contribution in [0.2, 0.25) is 0 Å². The van der Waals surface area contributed by atoms with E-state index in [9.17, 15) is 4.79 Å². The summed E-state index contributed by atoms with van der Waals surface area (Å²) in [4.78, 5) is 12.4. The molecule has 0 aliphatic carbocycles. The van der Waals surface area contributed by atoms with Crippen LogP contribution in [-0.2, 0) is 11.8 Å². The van der Waals surface area contributed by atoms with E-state index >= 15 is 0 Å². The van der Waals surface area contributed by atoms with Crippen molar-refractivity contribution < 1.29 is 9.21 Å². The molecule has 0 aliphatic rings. The van der Waals surface area contributed by atoms with Gasteiger partial charge >= 0.3 is 0 Å². The lowest BCUT2D eigenvalue weighted by Gasteiger charge is -2.11. The average molecular weight is 421 g/mol. The predicted octanol–water partition coefficient (Wildman–Crippen LogP) is 4.27. The Kier molecular flexibility index (Phi) is 5.29. The van der Waals surface area contributed by atoms with E-state index in [0.29, 0.717) is 11.0 Å². The molecule has 1 amide bonds. The Hall–Kier alpha value is -2.06. The summed E-state index contributed by atoms with van der Waals surface area (Å²) in [5.41, 5.74) is 1.65. The van der Waals surface area contributed by atoms with Crippen molar-refractivity contribution in [1.82, 2.24) is 14.8 Å². The summed E-state index contributed by atoms with van der Waals surface area (Å²) >= 11 is 4.74. The Morgan fingerprint density at radius 3 is 2.64 bits per heavy atom. The van der Waals surface area contributed by atoms with Crippen LogP contribution >= 0.6 is 27.7 Å². The van der Waals surface area contributed by atoms with E-state index in [-0.39, 0.29) is 11.2 Å². The standard InChI is InChI=1S/C17H17BrN4O2S/c1-10-14(8-9-24-10)15-20-21-17(22(15)3)25-11(2)16(23)19-13-6-4-12(18)5-7-13/h4-9,11H,1-3H3,(H,19,23). The molecule has 0 saturated carbocycles. The van der Waals surface area contributed by atoms with E-state index in [1.54, 1.807) is 6.26 Å². The molecule has 0 aliphatic heterocycles. The molecule has 0 spiro atoms. The van der Waals surface area contributed by atoms with Crippen molar-refractivity contribution in [2.24, 2.45) is 7.05 Å². The molecule has 1 unspecified atom stereocenters. The Morgan fingerprint density at radius 2 is 2.00 bits per heavy atom. The zero-order valence-electron chi connectivity index (χ0n) is 14.0. The molecule has 1 atom stereocenters. The maximum atomic E-state index is 12.4. The van der Waals surface area contributed by atoms with Crippen LogP contribution in [0.25, 0.3) is 11.4 Å². The molecule has 2 aromatic heterocycles. The molecule has 1 aromatic carbocycles. The van der Waals surface area contributed by atoms with Crippen molar-refractivity contribution in [2.75, 3.05) is 5.32 Å². The lowest BCUT2D eigenvalue weighted by Crippen LogP contribution is -2.22. The zero-order chi connectivity index (χ0) is 18.0. The van der Waals surface area contributed by atoms with Crippen LogP contribution < -0.4 is 5.32 Å². The van der Waals surface area contributed by atoms with Crippen LogP contribution in [0.3, 0.4) is 0 Å². The molecule has 1 N–H and O–H groups in total. The molecule has 0 fully saturated rings. The normalized spacial score (nSPS) is 12.2. The van der Waals surface area contributed by atoms with Crippen LogP contribution in [0.5, 0.6) is 0 Å². The molecule has 130 valence electrons. The number of rotatable bonds is 5. The molecule has 25 heavy (non-hydrogen) atoms. The van der Waals surface area contributed by atoms with Crippen molar-refractivity contribution >= 4 is 39.3 Å². The third kappa shape index (κ3) is 3.96. The van der Waals surface area contributed by atoms with E-state index < -0.39 is 0 Å². The third-order valence-electron chi connectivity index (χ3n) is 3.70. The molecule has 3 rings (SSSR count). The van der Waals surface area contributed by atoms with Crippen molar-refractivity contribution in [3.05, 3.63) is 46.8 Å². The molecule has 3 aromatic rings. The first-order valence-electron chi connectivity index (χ1n) is 7.62. The highest BCUT2D eigenvalue weighted by Gasteiger charge is 2.20. The number of aromatic nitrogens is 3. The number of hydrogen-bond donors (Lipinski definition) is 1. The topological polar surface area (TPSA) is 72.9 Å². The highest BCUT2D eigenvalue weighted by atomic mass is 79.9. The minimum atomic E-state index is -0.315. The summed E-state index contributed by atoms with van der Waals surface area (Å²) < 4.78 is 8.16. The highest BCUT2D eigenvalue weighted by molar-refractivity contribution is 9.10. The highest BCUT2D eigenvalue weighted by Crippen LogP contribution is 2.28. The van der Waals surface area contributed by atoms with Gasteiger partial charge in [0.05, 0.1) is 17.1 Å². The second-order valence-corrected chi connectivity index (χ2v) is 7.74. The van der Waals surface area contributed by atoms with Gasteiger partial charge in [-0.25, -0.2) is 0 Å². The SMILES string of the molecule is Cc1occc1-c1nnc(SC(C)C(=O)Nc2ccc(Br)cc2)n1C. The quantitative estimate of drug-likeness (QED) is 0.623. The summed E-state index contributed by atoms with van der Waals surface area (Å²) in [5.74, 6) is 1.42. The molecule has 0 bridgehead atoms. The fraction of sp³-hybridized carbons (Fsp3) is 0.235. The van der Waals surface area contributed by atoms with E-state index in [1.165, 1.54) is 11.8 Å². The Balaban J connectivity index is 1.69.